The van der Waals surface area contributed by atoms with E-state index in [4.69, 9.17) is 12.2 Å². The minimum absolute atomic E-state index is 0.0225. The molecule has 0 aliphatic carbocycles. The molecule has 0 saturated carbocycles. The molecule has 0 spiro atoms. The normalized spacial score (nSPS) is 10.4. The average Bonchev–Trinajstić information content (AvgIpc) is 2.38. The quantitative estimate of drug-likeness (QED) is 0.525. The number of para-hydroxylation sites is 1. The van der Waals surface area contributed by atoms with Crippen molar-refractivity contribution in [1.82, 2.24) is 9.97 Å². The Morgan fingerprint density at radius 3 is 2.84 bits per heavy atom. The number of nitrogens with zero attached hydrogens (tertiary/aromatic N) is 2. The Morgan fingerprint density at radius 2 is 2.16 bits per heavy atom. The van der Waals surface area contributed by atoms with Crippen LogP contribution >= 0.6 is 12.2 Å². The maximum absolute atomic E-state index is 11.0. The fourth-order valence-electron chi connectivity index (χ4n) is 1.87. The summed E-state index contributed by atoms with van der Waals surface area (Å²) in [7, 11) is 0. The summed E-state index contributed by atoms with van der Waals surface area (Å²) in [6.45, 7) is 2.06. The van der Waals surface area contributed by atoms with Gasteiger partial charge >= 0.3 is 0 Å². The first-order valence-electron chi connectivity index (χ1n) is 5.96. The molecule has 2 aromatic rings. The Morgan fingerprint density at radius 1 is 1.42 bits per heavy atom. The Kier molecular flexibility index (Phi) is 4.01. The van der Waals surface area contributed by atoms with Gasteiger partial charge in [0.25, 0.3) is 5.69 Å². The van der Waals surface area contributed by atoms with E-state index in [1.807, 2.05) is 0 Å². The van der Waals surface area contributed by atoms with Crippen molar-refractivity contribution in [3.8, 4) is 11.4 Å². The SMILES string of the molecule is CCCc1cc(=S)nc(-c2ccccc2[N+](=O)[O-])[nH]1. The number of H-pyrrole nitrogens is 1. The van der Waals surface area contributed by atoms with Crippen LogP contribution in [0.15, 0.2) is 30.3 Å². The number of aromatic amines is 1. The lowest BCUT2D eigenvalue weighted by atomic mass is 10.1. The summed E-state index contributed by atoms with van der Waals surface area (Å²) in [5.41, 5.74) is 1.42. The smallest absolute Gasteiger partial charge is 0.280 e. The number of rotatable bonds is 4. The van der Waals surface area contributed by atoms with E-state index < -0.39 is 4.92 Å². The summed E-state index contributed by atoms with van der Waals surface area (Å²) in [4.78, 5) is 17.9. The van der Waals surface area contributed by atoms with E-state index in [2.05, 4.69) is 16.9 Å². The molecule has 0 radical (unpaired) electrons. The number of hydrogen-bond donors (Lipinski definition) is 1. The summed E-state index contributed by atoms with van der Waals surface area (Å²) in [6.07, 6.45) is 1.80. The van der Waals surface area contributed by atoms with Crippen LogP contribution in [0.4, 0.5) is 5.69 Å². The van der Waals surface area contributed by atoms with Crippen LogP contribution in [-0.2, 0) is 6.42 Å². The monoisotopic (exact) mass is 275 g/mol. The van der Waals surface area contributed by atoms with E-state index in [0.717, 1.165) is 18.5 Å². The molecule has 0 saturated heterocycles. The molecule has 2 rings (SSSR count). The highest BCUT2D eigenvalue weighted by atomic mass is 32.1. The van der Waals surface area contributed by atoms with Gasteiger partial charge < -0.3 is 4.98 Å². The summed E-state index contributed by atoms with van der Waals surface area (Å²) in [5.74, 6) is 0.447. The maximum atomic E-state index is 11.0. The predicted octanol–water partition coefficient (Wildman–Crippen LogP) is 3.67. The summed E-state index contributed by atoms with van der Waals surface area (Å²) in [6, 6.07) is 8.29. The van der Waals surface area contributed by atoms with Gasteiger partial charge in [0.15, 0.2) is 0 Å². The lowest BCUT2D eigenvalue weighted by Gasteiger charge is -2.05. The number of nitro groups is 1. The topological polar surface area (TPSA) is 71.8 Å². The average molecular weight is 275 g/mol. The Hall–Kier alpha value is -2.08. The van der Waals surface area contributed by atoms with E-state index in [0.29, 0.717) is 16.0 Å². The van der Waals surface area contributed by atoms with E-state index >= 15 is 0 Å². The molecule has 0 aliphatic rings. The zero-order valence-electron chi connectivity index (χ0n) is 10.4. The number of nitrogens with one attached hydrogen (secondary N) is 1. The van der Waals surface area contributed by atoms with E-state index in [-0.39, 0.29) is 5.69 Å². The fraction of sp³-hybridized carbons (Fsp3) is 0.231. The van der Waals surface area contributed by atoms with Crippen molar-refractivity contribution < 1.29 is 4.92 Å². The second-order valence-corrected chi connectivity index (χ2v) is 4.54. The summed E-state index contributed by atoms with van der Waals surface area (Å²) >= 11 is 5.11. The minimum atomic E-state index is -0.416. The van der Waals surface area contributed by atoms with Crippen molar-refractivity contribution >= 4 is 17.9 Å². The van der Waals surface area contributed by atoms with Gasteiger partial charge in [0.05, 0.1) is 10.5 Å². The molecule has 0 unspecified atom stereocenters. The number of aromatic nitrogens is 2. The van der Waals surface area contributed by atoms with Crippen LogP contribution in [0.25, 0.3) is 11.4 Å². The van der Waals surface area contributed by atoms with Gasteiger partial charge in [-0.2, -0.15) is 0 Å². The van der Waals surface area contributed by atoms with Crippen LogP contribution in [0.5, 0.6) is 0 Å². The molecule has 5 nitrogen and oxygen atoms in total. The molecule has 98 valence electrons. The lowest BCUT2D eigenvalue weighted by molar-refractivity contribution is -0.384. The number of benzene rings is 1. The first kappa shape index (κ1) is 13.4. The highest BCUT2D eigenvalue weighted by Crippen LogP contribution is 2.26. The molecule has 0 bridgehead atoms. The predicted molar refractivity (Wildman–Crippen MR) is 75.5 cm³/mol. The van der Waals surface area contributed by atoms with Gasteiger partial charge in [-0.25, -0.2) is 4.98 Å². The van der Waals surface area contributed by atoms with E-state index in [1.165, 1.54) is 6.07 Å². The number of aryl methyl sites for hydroxylation is 1. The molecule has 0 fully saturated rings. The van der Waals surface area contributed by atoms with Crippen LogP contribution in [0.1, 0.15) is 19.0 Å². The molecule has 19 heavy (non-hydrogen) atoms. The van der Waals surface area contributed by atoms with Crippen LogP contribution in [0, 0.1) is 14.8 Å². The van der Waals surface area contributed by atoms with Gasteiger partial charge in [-0.05, 0) is 18.6 Å². The lowest BCUT2D eigenvalue weighted by Crippen LogP contribution is -1.99. The molecule has 0 amide bonds. The summed E-state index contributed by atoms with van der Waals surface area (Å²) < 4.78 is 0.440. The third-order valence-electron chi connectivity index (χ3n) is 2.67. The molecule has 6 heteroatoms. The molecule has 1 aromatic heterocycles. The van der Waals surface area contributed by atoms with Gasteiger partial charge in [-0.1, -0.05) is 37.7 Å². The van der Waals surface area contributed by atoms with Crippen molar-refractivity contribution in [2.24, 2.45) is 0 Å². The Bertz CT molecular complexity index is 667. The van der Waals surface area contributed by atoms with Crippen LogP contribution < -0.4 is 0 Å². The van der Waals surface area contributed by atoms with Gasteiger partial charge in [0, 0.05) is 11.8 Å². The molecular weight excluding hydrogens is 262 g/mol. The molecule has 1 aromatic carbocycles. The van der Waals surface area contributed by atoms with Gasteiger partial charge in [-0.3, -0.25) is 10.1 Å². The van der Waals surface area contributed by atoms with E-state index in [1.54, 1.807) is 24.3 Å². The van der Waals surface area contributed by atoms with E-state index in [9.17, 15) is 10.1 Å². The molecular formula is C13H13N3O2S. The van der Waals surface area contributed by atoms with Crippen molar-refractivity contribution in [1.29, 1.82) is 0 Å². The highest BCUT2D eigenvalue weighted by molar-refractivity contribution is 7.71. The van der Waals surface area contributed by atoms with Crippen molar-refractivity contribution in [3.05, 3.63) is 50.8 Å². The van der Waals surface area contributed by atoms with Crippen molar-refractivity contribution in [2.75, 3.05) is 0 Å². The first-order valence-corrected chi connectivity index (χ1v) is 6.36. The minimum Gasteiger partial charge on any atom is -0.343 e. The largest absolute Gasteiger partial charge is 0.343 e. The fourth-order valence-corrected chi connectivity index (χ4v) is 2.11. The molecule has 0 aliphatic heterocycles. The van der Waals surface area contributed by atoms with Gasteiger partial charge in [0.2, 0.25) is 0 Å². The number of nitro benzene ring substituents is 1. The summed E-state index contributed by atoms with van der Waals surface area (Å²) in [5, 5.41) is 11.0. The third-order valence-corrected chi connectivity index (χ3v) is 2.88. The maximum Gasteiger partial charge on any atom is 0.280 e. The highest BCUT2D eigenvalue weighted by Gasteiger charge is 2.16. The zero-order valence-corrected chi connectivity index (χ0v) is 11.2. The third kappa shape index (κ3) is 3.03. The van der Waals surface area contributed by atoms with Crippen LogP contribution in [0.2, 0.25) is 0 Å². The number of hydrogen-bond acceptors (Lipinski definition) is 4. The standard InChI is InChI=1S/C13H13N3O2S/c1-2-5-9-8-12(19)15-13(14-9)10-6-3-4-7-11(10)16(17)18/h3-4,6-8H,2,5H2,1H3,(H,14,15,19). The van der Waals surface area contributed by atoms with Crippen LogP contribution in [0.3, 0.4) is 0 Å². The molecule has 1 N–H and O–H groups in total. The molecule has 1 heterocycles. The molecule has 0 atom stereocenters. The second-order valence-electron chi connectivity index (χ2n) is 4.12. The van der Waals surface area contributed by atoms with Crippen molar-refractivity contribution in [3.63, 3.8) is 0 Å². The Balaban J connectivity index is 2.59. The Labute approximate surface area is 115 Å². The zero-order chi connectivity index (χ0) is 13.8. The van der Waals surface area contributed by atoms with Gasteiger partial charge in [0.1, 0.15) is 10.5 Å². The van der Waals surface area contributed by atoms with Crippen LogP contribution in [-0.4, -0.2) is 14.9 Å². The van der Waals surface area contributed by atoms with Crippen molar-refractivity contribution in [2.45, 2.75) is 19.8 Å². The first-order chi connectivity index (χ1) is 9.11. The van der Waals surface area contributed by atoms with Gasteiger partial charge in [-0.15, -0.1) is 0 Å². The second kappa shape index (κ2) is 5.71.